The van der Waals surface area contributed by atoms with Gasteiger partial charge < -0.3 is 9.80 Å². The fraction of sp³-hybridized carbons (Fsp3) is 0.636. The average Bonchev–Trinajstić information content (AvgIpc) is 2.89. The van der Waals surface area contributed by atoms with Gasteiger partial charge in [0.05, 0.1) is 5.41 Å². The summed E-state index contributed by atoms with van der Waals surface area (Å²) >= 11 is 0. The van der Waals surface area contributed by atoms with E-state index >= 15 is 0 Å². The van der Waals surface area contributed by atoms with Gasteiger partial charge in [0, 0.05) is 32.1 Å². The zero-order chi connectivity index (χ0) is 18.3. The maximum Gasteiger partial charge on any atom is 0.229 e. The predicted octanol–water partition coefficient (Wildman–Crippen LogP) is 3.38. The van der Waals surface area contributed by atoms with Crippen LogP contribution in [0.1, 0.15) is 50.2 Å². The minimum atomic E-state index is -0.215. The molecule has 4 nitrogen and oxygen atoms in total. The van der Waals surface area contributed by atoms with Crippen LogP contribution in [0.4, 0.5) is 0 Å². The Labute approximate surface area is 156 Å². The molecule has 4 heteroatoms. The SMILES string of the molecule is Cc1cccc(CN2CCC3(CCN(C(=O)C4CC(C)C4)CC3)C2=O)c1. The molecule has 3 fully saturated rings. The van der Waals surface area contributed by atoms with Crippen LogP contribution in [0.2, 0.25) is 0 Å². The second kappa shape index (κ2) is 6.71. The third-order valence-corrected chi connectivity index (χ3v) is 6.81. The molecule has 0 radical (unpaired) electrons. The van der Waals surface area contributed by atoms with Crippen molar-refractivity contribution in [3.05, 3.63) is 35.4 Å². The molecule has 0 atom stereocenters. The number of likely N-dealkylation sites (tertiary alicyclic amines) is 2. The molecular weight excluding hydrogens is 324 g/mol. The van der Waals surface area contributed by atoms with Crippen molar-refractivity contribution in [3.63, 3.8) is 0 Å². The molecule has 0 unspecified atom stereocenters. The molecule has 2 heterocycles. The summed E-state index contributed by atoms with van der Waals surface area (Å²) in [5, 5.41) is 0. The molecule has 1 spiro atoms. The van der Waals surface area contributed by atoms with Crippen LogP contribution >= 0.6 is 0 Å². The maximum absolute atomic E-state index is 13.1. The highest BCUT2D eigenvalue weighted by Gasteiger charge is 2.49. The molecular formula is C22H30N2O2. The fourth-order valence-corrected chi connectivity index (χ4v) is 5.06. The minimum Gasteiger partial charge on any atom is -0.342 e. The fourth-order valence-electron chi connectivity index (χ4n) is 5.06. The average molecular weight is 354 g/mol. The molecule has 26 heavy (non-hydrogen) atoms. The van der Waals surface area contributed by atoms with Crippen LogP contribution in [0.3, 0.4) is 0 Å². The van der Waals surface area contributed by atoms with Crippen molar-refractivity contribution in [1.82, 2.24) is 9.80 Å². The van der Waals surface area contributed by atoms with E-state index in [1.54, 1.807) is 0 Å². The summed E-state index contributed by atoms with van der Waals surface area (Å²) in [6, 6.07) is 8.42. The van der Waals surface area contributed by atoms with Crippen molar-refractivity contribution >= 4 is 11.8 Å². The summed E-state index contributed by atoms with van der Waals surface area (Å²) in [6.45, 7) is 7.38. The molecule has 0 bridgehead atoms. The molecule has 0 aromatic heterocycles. The lowest BCUT2D eigenvalue weighted by Gasteiger charge is -2.41. The number of rotatable bonds is 3. The van der Waals surface area contributed by atoms with Crippen LogP contribution in [0.25, 0.3) is 0 Å². The molecule has 2 amide bonds. The first kappa shape index (κ1) is 17.6. The lowest BCUT2D eigenvalue weighted by molar-refractivity contribution is -0.147. The van der Waals surface area contributed by atoms with Crippen molar-refractivity contribution in [1.29, 1.82) is 0 Å². The molecule has 1 saturated carbocycles. The van der Waals surface area contributed by atoms with Gasteiger partial charge in [0.1, 0.15) is 0 Å². The Balaban J connectivity index is 1.35. The molecule has 3 aliphatic rings. The van der Waals surface area contributed by atoms with Crippen molar-refractivity contribution in [2.24, 2.45) is 17.3 Å². The Morgan fingerprint density at radius 2 is 1.85 bits per heavy atom. The number of benzene rings is 1. The van der Waals surface area contributed by atoms with E-state index in [1.807, 2.05) is 9.80 Å². The third-order valence-electron chi connectivity index (χ3n) is 6.81. The summed E-state index contributed by atoms with van der Waals surface area (Å²) in [5.74, 6) is 1.59. The van der Waals surface area contributed by atoms with E-state index < -0.39 is 0 Å². The van der Waals surface area contributed by atoms with Crippen molar-refractivity contribution in [2.45, 2.75) is 52.5 Å². The molecule has 0 N–H and O–H groups in total. The number of amides is 2. The predicted molar refractivity (Wildman–Crippen MR) is 101 cm³/mol. The zero-order valence-electron chi connectivity index (χ0n) is 16.0. The van der Waals surface area contributed by atoms with E-state index in [4.69, 9.17) is 0 Å². The first-order valence-corrected chi connectivity index (χ1v) is 10.1. The highest BCUT2D eigenvalue weighted by atomic mass is 16.2. The Kier molecular flexibility index (Phi) is 4.54. The smallest absolute Gasteiger partial charge is 0.229 e. The summed E-state index contributed by atoms with van der Waals surface area (Å²) in [5.41, 5.74) is 2.23. The van der Waals surface area contributed by atoms with Gasteiger partial charge >= 0.3 is 0 Å². The number of hydrogen-bond acceptors (Lipinski definition) is 2. The van der Waals surface area contributed by atoms with Gasteiger partial charge in [0.25, 0.3) is 0 Å². The van der Waals surface area contributed by atoms with Crippen LogP contribution in [0.5, 0.6) is 0 Å². The normalized spacial score (nSPS) is 27.7. The highest BCUT2D eigenvalue weighted by molar-refractivity contribution is 5.86. The lowest BCUT2D eigenvalue weighted by atomic mass is 9.73. The number of carbonyl (C=O) groups is 2. The Bertz CT molecular complexity index is 700. The van der Waals surface area contributed by atoms with E-state index in [0.717, 1.165) is 51.7 Å². The van der Waals surface area contributed by atoms with E-state index in [0.29, 0.717) is 24.3 Å². The van der Waals surface area contributed by atoms with E-state index in [-0.39, 0.29) is 11.3 Å². The van der Waals surface area contributed by atoms with Crippen LogP contribution in [-0.2, 0) is 16.1 Å². The molecule has 2 aliphatic heterocycles. The lowest BCUT2D eigenvalue weighted by Crippen LogP contribution is -2.49. The van der Waals surface area contributed by atoms with Crippen LogP contribution in [0.15, 0.2) is 24.3 Å². The monoisotopic (exact) mass is 354 g/mol. The quantitative estimate of drug-likeness (QED) is 0.835. The maximum atomic E-state index is 13.1. The summed E-state index contributed by atoms with van der Waals surface area (Å²) in [6.07, 6.45) is 4.71. The first-order chi connectivity index (χ1) is 12.5. The van der Waals surface area contributed by atoms with Gasteiger partial charge in [0.15, 0.2) is 0 Å². The Morgan fingerprint density at radius 3 is 2.50 bits per heavy atom. The van der Waals surface area contributed by atoms with Gasteiger partial charge in [-0.05, 0) is 50.5 Å². The van der Waals surface area contributed by atoms with Gasteiger partial charge in [-0.3, -0.25) is 9.59 Å². The van der Waals surface area contributed by atoms with Crippen molar-refractivity contribution in [2.75, 3.05) is 19.6 Å². The molecule has 1 aliphatic carbocycles. The third kappa shape index (κ3) is 3.15. The summed E-state index contributed by atoms with van der Waals surface area (Å²) in [7, 11) is 0. The van der Waals surface area contributed by atoms with Gasteiger partial charge in [-0.25, -0.2) is 0 Å². The highest BCUT2D eigenvalue weighted by Crippen LogP contribution is 2.43. The Hall–Kier alpha value is -1.84. The Morgan fingerprint density at radius 1 is 1.15 bits per heavy atom. The number of aryl methyl sites for hydroxylation is 1. The number of carbonyl (C=O) groups excluding carboxylic acids is 2. The van der Waals surface area contributed by atoms with Gasteiger partial charge in [-0.1, -0.05) is 36.8 Å². The molecule has 2 saturated heterocycles. The van der Waals surface area contributed by atoms with Gasteiger partial charge in [0.2, 0.25) is 11.8 Å². The minimum absolute atomic E-state index is 0.215. The van der Waals surface area contributed by atoms with Gasteiger partial charge in [-0.2, -0.15) is 0 Å². The standard InChI is InChI=1S/C22H30N2O2/c1-16-4-3-5-18(12-16)15-24-11-8-22(21(24)26)6-9-23(10-7-22)20(25)19-13-17(2)14-19/h3-5,12,17,19H,6-11,13-15H2,1-2H3. The summed E-state index contributed by atoms with van der Waals surface area (Å²) < 4.78 is 0. The van der Waals surface area contributed by atoms with E-state index in [2.05, 4.69) is 38.1 Å². The molecule has 4 rings (SSSR count). The van der Waals surface area contributed by atoms with E-state index in [1.165, 1.54) is 11.1 Å². The zero-order valence-corrected chi connectivity index (χ0v) is 16.0. The van der Waals surface area contributed by atoms with Crippen molar-refractivity contribution in [3.8, 4) is 0 Å². The molecule has 1 aromatic rings. The topological polar surface area (TPSA) is 40.6 Å². The molecule has 1 aromatic carbocycles. The van der Waals surface area contributed by atoms with Gasteiger partial charge in [-0.15, -0.1) is 0 Å². The van der Waals surface area contributed by atoms with E-state index in [9.17, 15) is 9.59 Å². The number of hydrogen-bond donors (Lipinski definition) is 0. The van der Waals surface area contributed by atoms with Crippen LogP contribution in [-0.4, -0.2) is 41.2 Å². The number of piperidine rings is 1. The largest absolute Gasteiger partial charge is 0.342 e. The second-order valence-electron chi connectivity index (χ2n) is 8.84. The van der Waals surface area contributed by atoms with Crippen molar-refractivity contribution < 1.29 is 9.59 Å². The van der Waals surface area contributed by atoms with Crippen LogP contribution < -0.4 is 0 Å². The van der Waals surface area contributed by atoms with Crippen LogP contribution in [0, 0.1) is 24.2 Å². The second-order valence-corrected chi connectivity index (χ2v) is 8.84. The number of nitrogens with zero attached hydrogens (tertiary/aromatic N) is 2. The molecule has 140 valence electrons. The first-order valence-electron chi connectivity index (χ1n) is 10.1. The summed E-state index contributed by atoms with van der Waals surface area (Å²) in [4.78, 5) is 29.7.